The molecule has 2 saturated carbocycles. The lowest BCUT2D eigenvalue weighted by molar-refractivity contribution is -0.134. The summed E-state index contributed by atoms with van der Waals surface area (Å²) in [6.07, 6.45) is 3.75. The first-order valence-electron chi connectivity index (χ1n) is 12.8. The molecule has 2 aliphatic heterocycles. The molecule has 1 amide bonds. The summed E-state index contributed by atoms with van der Waals surface area (Å²) in [7, 11) is -6.26. The number of amides is 1. The second kappa shape index (κ2) is 9.55. The standard InChI is InChI=1S/C26H28FN3O7S3/c1-37-18-9-13(3-6-17(18)27)11-30-21-15-5-4-14(10-15)19(21)22(31)20(26(30)32)24-28-25-23(40(35,36)29-24)16(12-38-25)7-8-39(2,33)34/h3,6,9,12,14-15,19,21,31H,4-5,7-8,10-11H2,1-2H3,(H,28,29). The number of anilines is 1. The van der Waals surface area contributed by atoms with Crippen LogP contribution in [0.25, 0.3) is 0 Å². The number of fused-ring (bicyclic) bond motifs is 6. The second-order valence-corrected chi connectivity index (χ2v) is 15.5. The van der Waals surface area contributed by atoms with Crippen LogP contribution in [0.4, 0.5) is 9.39 Å². The molecule has 2 aromatic rings. The average Bonchev–Trinajstić information content (AvgIpc) is 3.61. The first kappa shape index (κ1) is 27.2. The zero-order chi connectivity index (χ0) is 28.6. The molecule has 40 heavy (non-hydrogen) atoms. The van der Waals surface area contributed by atoms with Gasteiger partial charge in [-0.25, -0.2) is 12.8 Å². The molecular formula is C26H28FN3O7S3. The lowest BCUT2D eigenvalue weighted by atomic mass is 9.77. The highest BCUT2D eigenvalue weighted by molar-refractivity contribution is 7.91. The van der Waals surface area contributed by atoms with E-state index in [-0.39, 0.29) is 75.3 Å². The van der Waals surface area contributed by atoms with E-state index in [1.165, 1.54) is 19.2 Å². The third kappa shape index (κ3) is 4.49. The van der Waals surface area contributed by atoms with Gasteiger partial charge in [0.2, 0.25) is 0 Å². The molecule has 3 heterocycles. The van der Waals surface area contributed by atoms with Crippen molar-refractivity contribution in [2.45, 2.75) is 43.2 Å². The van der Waals surface area contributed by atoms with Crippen LogP contribution < -0.4 is 10.1 Å². The lowest BCUT2D eigenvalue weighted by Gasteiger charge is -2.44. The fourth-order valence-electron chi connectivity index (χ4n) is 6.67. The first-order valence-corrected chi connectivity index (χ1v) is 17.2. The number of thiophene rings is 1. The fraction of sp³-hybridized carbons (Fsp3) is 0.462. The Morgan fingerprint density at radius 2 is 2.02 bits per heavy atom. The summed E-state index contributed by atoms with van der Waals surface area (Å²) in [4.78, 5) is 15.6. The topological polar surface area (TPSA) is 142 Å². The molecule has 0 radical (unpaired) electrons. The molecule has 2 bridgehead atoms. The maximum Gasteiger partial charge on any atom is 0.287 e. The van der Waals surface area contributed by atoms with Crippen LogP contribution in [0, 0.1) is 23.6 Å². The van der Waals surface area contributed by atoms with Gasteiger partial charge in [0.25, 0.3) is 15.9 Å². The largest absolute Gasteiger partial charge is 0.511 e. The average molecular weight is 610 g/mol. The number of aliphatic hydroxyl groups is 1. The smallest absolute Gasteiger partial charge is 0.287 e. The van der Waals surface area contributed by atoms with Crippen molar-refractivity contribution < 1.29 is 35.9 Å². The minimum absolute atomic E-state index is 0.00500. The van der Waals surface area contributed by atoms with Crippen molar-refractivity contribution in [3.8, 4) is 5.75 Å². The predicted molar refractivity (Wildman–Crippen MR) is 147 cm³/mol. The third-order valence-corrected chi connectivity index (χ3v) is 11.8. The molecule has 14 heteroatoms. The highest BCUT2D eigenvalue weighted by Crippen LogP contribution is 2.55. The molecule has 1 aromatic heterocycles. The van der Waals surface area contributed by atoms with E-state index in [0.29, 0.717) is 11.1 Å². The van der Waals surface area contributed by atoms with E-state index in [4.69, 9.17) is 4.74 Å². The van der Waals surface area contributed by atoms with Gasteiger partial charge in [0.05, 0.1) is 12.9 Å². The third-order valence-electron chi connectivity index (χ3n) is 8.34. The second-order valence-electron chi connectivity index (χ2n) is 10.9. The van der Waals surface area contributed by atoms with Crippen LogP contribution >= 0.6 is 11.3 Å². The maximum absolute atomic E-state index is 14.1. The van der Waals surface area contributed by atoms with Gasteiger partial charge in [0, 0.05) is 24.8 Å². The predicted octanol–water partition coefficient (Wildman–Crippen LogP) is 3.26. The van der Waals surface area contributed by atoms with Crippen molar-refractivity contribution in [1.82, 2.24) is 4.90 Å². The molecule has 1 aromatic carbocycles. The summed E-state index contributed by atoms with van der Waals surface area (Å²) >= 11 is 1.07. The van der Waals surface area contributed by atoms with Crippen molar-refractivity contribution in [3.63, 3.8) is 0 Å². The number of sulfonamides is 1. The monoisotopic (exact) mass is 609 g/mol. The number of carbonyl (C=O) groups excluding carboxylic acids is 1. The molecule has 2 N–H and O–H groups in total. The molecule has 2 aliphatic carbocycles. The molecule has 10 nitrogen and oxygen atoms in total. The quantitative estimate of drug-likeness (QED) is 0.487. The number of carbonyl (C=O) groups is 1. The van der Waals surface area contributed by atoms with Crippen LogP contribution in [0.2, 0.25) is 0 Å². The van der Waals surface area contributed by atoms with Gasteiger partial charge in [-0.3, -0.25) is 4.79 Å². The van der Waals surface area contributed by atoms with E-state index in [2.05, 4.69) is 9.71 Å². The van der Waals surface area contributed by atoms with E-state index in [0.717, 1.165) is 36.9 Å². The van der Waals surface area contributed by atoms with Gasteiger partial charge in [-0.2, -0.15) is 8.42 Å². The Morgan fingerprint density at radius 1 is 1.27 bits per heavy atom. The number of hydrogen-bond acceptors (Lipinski definition) is 9. The highest BCUT2D eigenvalue weighted by atomic mass is 32.2. The molecule has 0 spiro atoms. The van der Waals surface area contributed by atoms with Crippen LogP contribution in [0.5, 0.6) is 5.75 Å². The summed E-state index contributed by atoms with van der Waals surface area (Å²) in [6, 6.07) is 4.10. The summed E-state index contributed by atoms with van der Waals surface area (Å²) in [6.45, 7) is 0.122. The SMILES string of the molecule is COc1cc(CN2C(=O)C(C3=NS(=O)(=O)c4c(CCS(C)(=O)=O)csc4N3)=C(O)C3C4CCC(C4)C32)ccc1F. The Bertz CT molecular complexity index is 1700. The van der Waals surface area contributed by atoms with Gasteiger partial charge in [-0.15, -0.1) is 15.7 Å². The number of amidine groups is 1. The van der Waals surface area contributed by atoms with E-state index in [9.17, 15) is 31.1 Å². The molecule has 4 unspecified atom stereocenters. The Hall–Kier alpha value is -2.97. The van der Waals surface area contributed by atoms with Crippen LogP contribution in [-0.2, 0) is 37.6 Å². The number of nitrogens with zero attached hydrogens (tertiary/aromatic N) is 2. The molecule has 4 atom stereocenters. The van der Waals surface area contributed by atoms with Crippen LogP contribution in [0.3, 0.4) is 0 Å². The van der Waals surface area contributed by atoms with E-state index >= 15 is 0 Å². The zero-order valence-corrected chi connectivity index (χ0v) is 24.2. The molecule has 0 saturated heterocycles. The normalized spacial score (nSPS) is 26.8. The maximum atomic E-state index is 14.1. The number of halogens is 1. The number of ether oxygens (including phenoxy) is 1. The molecule has 214 valence electrons. The minimum atomic E-state index is -4.30. The number of rotatable bonds is 7. The molecule has 2 fully saturated rings. The Morgan fingerprint density at radius 3 is 2.75 bits per heavy atom. The lowest BCUT2D eigenvalue weighted by Crippen LogP contribution is -2.53. The van der Waals surface area contributed by atoms with E-state index < -0.39 is 31.6 Å². The number of aliphatic hydroxyl groups excluding tert-OH is 1. The van der Waals surface area contributed by atoms with Gasteiger partial charge in [-0.05, 0) is 66.2 Å². The Kier molecular flexibility index (Phi) is 6.50. The Labute approximate surface area is 235 Å². The van der Waals surface area contributed by atoms with Crippen LogP contribution in [0.15, 0.2) is 44.2 Å². The zero-order valence-electron chi connectivity index (χ0n) is 21.8. The summed E-state index contributed by atoms with van der Waals surface area (Å²) < 4.78 is 73.1. The number of hydrogen-bond donors (Lipinski definition) is 2. The number of benzene rings is 1. The van der Waals surface area contributed by atoms with E-state index in [1.807, 2.05) is 0 Å². The number of aryl methyl sites for hydroxylation is 1. The number of nitrogens with one attached hydrogen (secondary N) is 1. The number of methoxy groups -OCH3 is 1. The Balaban J connectivity index is 1.39. The van der Waals surface area contributed by atoms with Crippen molar-refractivity contribution >= 4 is 47.9 Å². The van der Waals surface area contributed by atoms with Crippen LogP contribution in [-0.4, -0.2) is 63.7 Å². The summed E-state index contributed by atoms with van der Waals surface area (Å²) in [5.74, 6) is -1.71. The fourth-order valence-corrected chi connectivity index (χ4v) is 9.93. The number of sulfone groups is 1. The van der Waals surface area contributed by atoms with Crippen molar-refractivity contribution in [2.75, 3.05) is 24.4 Å². The first-order chi connectivity index (χ1) is 18.9. The molecular weight excluding hydrogens is 581 g/mol. The van der Waals surface area contributed by atoms with Gasteiger partial charge < -0.3 is 20.1 Å². The van der Waals surface area contributed by atoms with Crippen molar-refractivity contribution in [2.24, 2.45) is 22.2 Å². The van der Waals surface area contributed by atoms with Crippen molar-refractivity contribution in [1.29, 1.82) is 0 Å². The van der Waals surface area contributed by atoms with Gasteiger partial charge in [0.15, 0.2) is 17.4 Å². The molecule has 6 rings (SSSR count). The summed E-state index contributed by atoms with van der Waals surface area (Å²) in [5.41, 5.74) is 0.772. The van der Waals surface area contributed by atoms with Crippen LogP contribution in [0.1, 0.15) is 30.4 Å². The van der Waals surface area contributed by atoms with Gasteiger partial charge in [0.1, 0.15) is 31.1 Å². The van der Waals surface area contributed by atoms with Gasteiger partial charge in [-0.1, -0.05) is 6.07 Å². The van der Waals surface area contributed by atoms with E-state index in [1.54, 1.807) is 16.3 Å². The summed E-state index contributed by atoms with van der Waals surface area (Å²) in [5, 5.41) is 16.2. The van der Waals surface area contributed by atoms with Gasteiger partial charge >= 0.3 is 0 Å². The highest BCUT2D eigenvalue weighted by Gasteiger charge is 2.57. The minimum Gasteiger partial charge on any atom is -0.511 e. The molecule has 4 aliphatic rings. The van der Waals surface area contributed by atoms with Crippen molar-refractivity contribution in [3.05, 3.63) is 51.9 Å².